The van der Waals surface area contributed by atoms with E-state index in [-0.39, 0.29) is 6.61 Å². The molecule has 0 aromatic rings. The predicted molar refractivity (Wildman–Crippen MR) is 48.6 cm³/mol. The third-order valence-electron chi connectivity index (χ3n) is 1.62. The van der Waals surface area contributed by atoms with Crippen molar-refractivity contribution in [1.82, 2.24) is 4.90 Å². The minimum atomic E-state index is 0.254. The molecule has 2 heteroatoms. The van der Waals surface area contributed by atoms with E-state index in [2.05, 4.69) is 31.7 Å². The van der Waals surface area contributed by atoms with E-state index >= 15 is 0 Å². The van der Waals surface area contributed by atoms with Gasteiger partial charge in [-0.05, 0) is 20.4 Å². The summed E-state index contributed by atoms with van der Waals surface area (Å²) in [7, 11) is 0. The Morgan fingerprint density at radius 2 is 2.09 bits per heavy atom. The van der Waals surface area contributed by atoms with Crippen LogP contribution in [0.1, 0.15) is 20.8 Å². The second-order valence-electron chi connectivity index (χ2n) is 2.90. The SMILES string of the molecule is CCN(CC=C(C)C)CCO. The van der Waals surface area contributed by atoms with E-state index in [0.717, 1.165) is 19.6 Å². The Morgan fingerprint density at radius 3 is 2.45 bits per heavy atom. The summed E-state index contributed by atoms with van der Waals surface area (Å²) in [5, 5.41) is 8.67. The predicted octanol–water partition coefficient (Wildman–Crippen LogP) is 1.27. The summed E-state index contributed by atoms with van der Waals surface area (Å²) in [6, 6.07) is 0. The van der Waals surface area contributed by atoms with Crippen molar-refractivity contribution >= 4 is 0 Å². The van der Waals surface area contributed by atoms with E-state index < -0.39 is 0 Å². The van der Waals surface area contributed by atoms with Crippen molar-refractivity contribution in [2.45, 2.75) is 20.8 Å². The summed E-state index contributed by atoms with van der Waals surface area (Å²) < 4.78 is 0. The van der Waals surface area contributed by atoms with Crippen molar-refractivity contribution < 1.29 is 5.11 Å². The highest BCUT2D eigenvalue weighted by atomic mass is 16.3. The molecule has 0 saturated carbocycles. The Kier molecular flexibility index (Phi) is 6.18. The monoisotopic (exact) mass is 157 g/mol. The smallest absolute Gasteiger partial charge is 0.0558 e. The second kappa shape index (κ2) is 6.38. The summed E-state index contributed by atoms with van der Waals surface area (Å²) in [5.74, 6) is 0. The van der Waals surface area contributed by atoms with Gasteiger partial charge in [-0.25, -0.2) is 0 Å². The average molecular weight is 157 g/mol. The van der Waals surface area contributed by atoms with Crippen LogP contribution in [0.25, 0.3) is 0 Å². The van der Waals surface area contributed by atoms with Gasteiger partial charge in [0.2, 0.25) is 0 Å². The molecule has 0 aromatic heterocycles. The Bertz CT molecular complexity index is 117. The van der Waals surface area contributed by atoms with Crippen LogP contribution in [0.2, 0.25) is 0 Å². The van der Waals surface area contributed by atoms with Crippen molar-refractivity contribution in [3.8, 4) is 0 Å². The molecular weight excluding hydrogens is 138 g/mol. The zero-order valence-corrected chi connectivity index (χ0v) is 7.80. The standard InChI is InChI=1S/C9H19NO/c1-4-10(7-8-11)6-5-9(2)3/h5,11H,4,6-8H2,1-3H3. The second-order valence-corrected chi connectivity index (χ2v) is 2.90. The summed E-state index contributed by atoms with van der Waals surface area (Å²) in [4.78, 5) is 2.20. The molecule has 1 N–H and O–H groups in total. The normalized spacial score (nSPS) is 10.3. The Balaban J connectivity index is 3.60. The Labute approximate surface area is 69.5 Å². The van der Waals surface area contributed by atoms with Gasteiger partial charge in [0.15, 0.2) is 0 Å². The first kappa shape index (κ1) is 10.7. The Morgan fingerprint density at radius 1 is 1.45 bits per heavy atom. The molecule has 0 amide bonds. The van der Waals surface area contributed by atoms with Crippen LogP contribution in [-0.4, -0.2) is 36.2 Å². The minimum absolute atomic E-state index is 0.254. The summed E-state index contributed by atoms with van der Waals surface area (Å²) in [6.45, 7) is 9.28. The van der Waals surface area contributed by atoms with Crippen LogP contribution in [0.5, 0.6) is 0 Å². The van der Waals surface area contributed by atoms with E-state index in [0.29, 0.717) is 0 Å². The molecule has 0 aliphatic carbocycles. The zero-order chi connectivity index (χ0) is 8.69. The van der Waals surface area contributed by atoms with Crippen LogP contribution in [0.15, 0.2) is 11.6 Å². The van der Waals surface area contributed by atoms with Gasteiger partial charge in [-0.1, -0.05) is 18.6 Å². The third kappa shape index (κ3) is 6.07. The fraction of sp³-hybridized carbons (Fsp3) is 0.778. The summed E-state index contributed by atoms with van der Waals surface area (Å²) in [5.41, 5.74) is 1.33. The van der Waals surface area contributed by atoms with E-state index in [4.69, 9.17) is 5.11 Å². The number of nitrogens with zero attached hydrogens (tertiary/aromatic N) is 1. The molecule has 0 bridgehead atoms. The first-order valence-corrected chi connectivity index (χ1v) is 4.17. The summed E-state index contributed by atoms with van der Waals surface area (Å²) >= 11 is 0. The molecule has 0 aliphatic heterocycles. The lowest BCUT2D eigenvalue weighted by Crippen LogP contribution is -2.26. The number of aliphatic hydroxyl groups is 1. The van der Waals surface area contributed by atoms with Crippen molar-refractivity contribution in [1.29, 1.82) is 0 Å². The molecule has 0 heterocycles. The van der Waals surface area contributed by atoms with Gasteiger partial charge in [-0.2, -0.15) is 0 Å². The fourth-order valence-corrected chi connectivity index (χ4v) is 0.832. The average Bonchev–Trinajstić information content (AvgIpc) is 1.97. The highest BCUT2D eigenvalue weighted by Gasteiger charge is 1.96. The molecule has 0 aromatic carbocycles. The van der Waals surface area contributed by atoms with Crippen molar-refractivity contribution in [2.24, 2.45) is 0 Å². The molecule has 0 spiro atoms. The van der Waals surface area contributed by atoms with Crippen molar-refractivity contribution in [2.75, 3.05) is 26.2 Å². The number of hydrogen-bond acceptors (Lipinski definition) is 2. The highest BCUT2D eigenvalue weighted by molar-refractivity contribution is 4.94. The molecule has 66 valence electrons. The van der Waals surface area contributed by atoms with Crippen LogP contribution < -0.4 is 0 Å². The van der Waals surface area contributed by atoms with E-state index in [9.17, 15) is 0 Å². The van der Waals surface area contributed by atoms with Gasteiger partial charge in [-0.15, -0.1) is 0 Å². The number of likely N-dealkylation sites (N-methyl/N-ethyl adjacent to an activating group) is 1. The van der Waals surface area contributed by atoms with Gasteiger partial charge in [0, 0.05) is 13.1 Å². The molecule has 0 aliphatic rings. The first-order chi connectivity index (χ1) is 5.20. The maximum Gasteiger partial charge on any atom is 0.0558 e. The van der Waals surface area contributed by atoms with Gasteiger partial charge in [0.25, 0.3) is 0 Å². The zero-order valence-electron chi connectivity index (χ0n) is 7.80. The number of aliphatic hydroxyl groups excluding tert-OH is 1. The minimum Gasteiger partial charge on any atom is -0.395 e. The molecule has 0 radical (unpaired) electrons. The number of rotatable bonds is 5. The van der Waals surface area contributed by atoms with Gasteiger partial charge < -0.3 is 5.11 Å². The fourth-order valence-electron chi connectivity index (χ4n) is 0.832. The van der Waals surface area contributed by atoms with Gasteiger partial charge in [0.05, 0.1) is 6.61 Å². The maximum absolute atomic E-state index is 8.67. The topological polar surface area (TPSA) is 23.5 Å². The van der Waals surface area contributed by atoms with Gasteiger partial charge in [0.1, 0.15) is 0 Å². The molecular formula is C9H19NO. The molecule has 0 atom stereocenters. The van der Waals surface area contributed by atoms with Crippen molar-refractivity contribution in [3.05, 3.63) is 11.6 Å². The lowest BCUT2D eigenvalue weighted by atomic mass is 10.3. The largest absolute Gasteiger partial charge is 0.395 e. The molecule has 0 saturated heterocycles. The lowest BCUT2D eigenvalue weighted by molar-refractivity contribution is 0.214. The van der Waals surface area contributed by atoms with Crippen LogP contribution in [0.3, 0.4) is 0 Å². The third-order valence-corrected chi connectivity index (χ3v) is 1.62. The van der Waals surface area contributed by atoms with E-state index in [1.54, 1.807) is 0 Å². The van der Waals surface area contributed by atoms with Crippen LogP contribution in [0, 0.1) is 0 Å². The molecule has 0 fully saturated rings. The van der Waals surface area contributed by atoms with Crippen LogP contribution in [-0.2, 0) is 0 Å². The van der Waals surface area contributed by atoms with Crippen LogP contribution >= 0.6 is 0 Å². The summed E-state index contributed by atoms with van der Waals surface area (Å²) in [6.07, 6.45) is 2.18. The highest BCUT2D eigenvalue weighted by Crippen LogP contribution is 1.92. The van der Waals surface area contributed by atoms with Crippen LogP contribution in [0.4, 0.5) is 0 Å². The Hall–Kier alpha value is -0.340. The number of allylic oxidation sites excluding steroid dienone is 1. The van der Waals surface area contributed by atoms with E-state index in [1.165, 1.54) is 5.57 Å². The molecule has 11 heavy (non-hydrogen) atoms. The van der Waals surface area contributed by atoms with Gasteiger partial charge >= 0.3 is 0 Å². The van der Waals surface area contributed by atoms with Crippen molar-refractivity contribution in [3.63, 3.8) is 0 Å². The quantitative estimate of drug-likeness (QED) is 0.607. The molecule has 0 rings (SSSR count). The number of hydrogen-bond donors (Lipinski definition) is 1. The van der Waals surface area contributed by atoms with E-state index in [1.807, 2.05) is 0 Å². The van der Waals surface area contributed by atoms with Gasteiger partial charge in [-0.3, -0.25) is 4.90 Å². The molecule has 0 unspecified atom stereocenters. The first-order valence-electron chi connectivity index (χ1n) is 4.17. The maximum atomic E-state index is 8.67. The molecule has 2 nitrogen and oxygen atoms in total. The lowest BCUT2D eigenvalue weighted by Gasteiger charge is -2.16.